The summed E-state index contributed by atoms with van der Waals surface area (Å²) in [5.41, 5.74) is 1.78. The third kappa shape index (κ3) is 7.12. The van der Waals surface area contributed by atoms with E-state index in [4.69, 9.17) is 23.2 Å². The Morgan fingerprint density at radius 2 is 1.17 bits per heavy atom. The van der Waals surface area contributed by atoms with Gasteiger partial charge in [0.1, 0.15) is 22.9 Å². The van der Waals surface area contributed by atoms with Crippen molar-refractivity contribution < 1.29 is 29.7 Å². The Kier molecular flexibility index (Phi) is 10.3. The van der Waals surface area contributed by atoms with Gasteiger partial charge in [0.25, 0.3) is 0 Å². The van der Waals surface area contributed by atoms with E-state index in [1.54, 1.807) is 18.3 Å². The number of aromatic hydroxyl groups is 2. The van der Waals surface area contributed by atoms with Gasteiger partial charge in [0.05, 0.1) is 10.0 Å². The number of halogens is 2. The molecule has 0 spiro atoms. The number of nitrogens with zero attached hydrogens (tertiary/aromatic N) is 6. The molecule has 0 saturated carbocycles. The molecule has 0 unspecified atom stereocenters. The van der Waals surface area contributed by atoms with E-state index in [0.29, 0.717) is 27.2 Å². The third-order valence-corrected chi connectivity index (χ3v) is 6.50. The van der Waals surface area contributed by atoms with Crippen molar-refractivity contribution in [3.05, 3.63) is 119 Å². The third-order valence-electron chi connectivity index (χ3n) is 6.02. The van der Waals surface area contributed by atoms with E-state index in [-0.39, 0.29) is 36.8 Å². The van der Waals surface area contributed by atoms with Crippen LogP contribution in [0.25, 0.3) is 21.5 Å². The number of benzene rings is 4. The Labute approximate surface area is 264 Å². The fraction of sp³-hybridized carbons (Fsp3) is 0.0323. The van der Waals surface area contributed by atoms with Crippen LogP contribution in [0.5, 0.6) is 11.5 Å². The van der Waals surface area contributed by atoms with Crippen LogP contribution < -0.4 is 0 Å². The first-order valence-electron chi connectivity index (χ1n) is 12.4. The molecule has 0 atom stereocenters. The number of aromatic nitrogens is 2. The minimum atomic E-state index is 0. The largest absolute Gasteiger partial charge is 0.506 e. The number of rotatable bonds is 4. The van der Waals surface area contributed by atoms with Crippen molar-refractivity contribution >= 4 is 67.8 Å². The summed E-state index contributed by atoms with van der Waals surface area (Å²) in [6.45, 7) is 1.92. The average Bonchev–Trinajstić information content (AvgIpc) is 2.98. The Hall–Kier alpha value is -4.30. The minimum Gasteiger partial charge on any atom is -0.506 e. The normalized spacial score (nSPS) is 11.0. The summed E-state index contributed by atoms with van der Waals surface area (Å²) in [6.07, 6.45) is 3.11. The first-order chi connectivity index (χ1) is 19.9. The van der Waals surface area contributed by atoms with Crippen LogP contribution in [0.1, 0.15) is 5.56 Å². The molecule has 0 aliphatic heterocycles. The second-order valence-electron chi connectivity index (χ2n) is 8.81. The summed E-state index contributed by atoms with van der Waals surface area (Å²) in [5, 5.41) is 40.7. The number of aryl methyl sites for hydroxylation is 1. The van der Waals surface area contributed by atoms with Crippen molar-refractivity contribution in [1.82, 2.24) is 9.97 Å². The van der Waals surface area contributed by atoms with Crippen LogP contribution in [-0.4, -0.2) is 20.2 Å². The number of phenolic OH excluding ortho intramolecular Hbond substituents is 2. The predicted molar refractivity (Wildman–Crippen MR) is 163 cm³/mol. The van der Waals surface area contributed by atoms with Crippen LogP contribution in [0.2, 0.25) is 10.0 Å². The van der Waals surface area contributed by atoms with Crippen LogP contribution in [-0.2, 0) is 19.5 Å². The van der Waals surface area contributed by atoms with E-state index in [9.17, 15) is 10.2 Å². The molecule has 8 nitrogen and oxygen atoms in total. The van der Waals surface area contributed by atoms with Crippen LogP contribution in [0, 0.1) is 6.92 Å². The number of phenols is 2. The zero-order chi connectivity index (χ0) is 28.8. The molecule has 4 aromatic carbocycles. The number of hydrogen-bond acceptors (Lipinski definition) is 8. The Morgan fingerprint density at radius 3 is 1.71 bits per heavy atom. The molecule has 0 fully saturated rings. The van der Waals surface area contributed by atoms with E-state index in [1.807, 2.05) is 79.7 Å². The maximum Gasteiger partial charge on any atom is 0.193 e. The second kappa shape index (κ2) is 14.1. The molecule has 0 aliphatic carbocycles. The molecular weight excluding hydrogens is 625 g/mol. The predicted octanol–water partition coefficient (Wildman–Crippen LogP) is 10.3. The molecule has 204 valence electrons. The number of hydrogen-bond donors (Lipinski definition) is 2. The van der Waals surface area contributed by atoms with Crippen molar-refractivity contribution in [3.63, 3.8) is 0 Å². The summed E-state index contributed by atoms with van der Waals surface area (Å²) in [6, 6.07) is 27.5. The molecule has 2 N–H and O–H groups in total. The van der Waals surface area contributed by atoms with Gasteiger partial charge in [-0.3, -0.25) is 0 Å². The molecule has 0 radical (unpaired) electrons. The maximum atomic E-state index is 9.98. The first-order valence-corrected chi connectivity index (χ1v) is 13.1. The van der Waals surface area contributed by atoms with Crippen LogP contribution in [0.3, 0.4) is 0 Å². The number of pyridine rings is 2. The van der Waals surface area contributed by atoms with Crippen molar-refractivity contribution in [3.8, 4) is 11.5 Å². The van der Waals surface area contributed by atoms with E-state index >= 15 is 0 Å². The maximum absolute atomic E-state index is 9.98. The molecule has 0 saturated heterocycles. The number of fused-ring (bicyclic) bond motifs is 2. The van der Waals surface area contributed by atoms with Gasteiger partial charge in [-0.2, -0.15) is 0 Å². The van der Waals surface area contributed by atoms with Gasteiger partial charge in [-0.05, 0) is 47.5 Å². The van der Waals surface area contributed by atoms with Crippen molar-refractivity contribution in [2.45, 2.75) is 6.92 Å². The molecule has 0 aliphatic rings. The average molecular weight is 647 g/mol. The van der Waals surface area contributed by atoms with Crippen LogP contribution in [0.4, 0.5) is 23.0 Å². The Balaban J connectivity index is 0.000000189. The quantitative estimate of drug-likeness (QED) is 0.146. The zero-order valence-corrected chi connectivity index (χ0v) is 26.8. The molecule has 11 heteroatoms. The fourth-order valence-corrected chi connectivity index (χ4v) is 4.37. The molecule has 6 aromatic rings. The van der Waals surface area contributed by atoms with E-state index in [2.05, 4.69) is 30.4 Å². The summed E-state index contributed by atoms with van der Waals surface area (Å²) in [4.78, 5) is 8.16. The van der Waals surface area contributed by atoms with Gasteiger partial charge in [-0.1, -0.05) is 89.9 Å². The van der Waals surface area contributed by atoms with Gasteiger partial charge >= 0.3 is 0 Å². The smallest absolute Gasteiger partial charge is 0.193 e. The van der Waals surface area contributed by atoms with Gasteiger partial charge in [0.2, 0.25) is 0 Å². The van der Waals surface area contributed by atoms with E-state index < -0.39 is 0 Å². The summed E-state index contributed by atoms with van der Waals surface area (Å²) < 4.78 is 0. The Bertz CT molecular complexity index is 1930. The van der Waals surface area contributed by atoms with Crippen molar-refractivity contribution in [1.29, 1.82) is 0 Å². The summed E-state index contributed by atoms with van der Waals surface area (Å²) in [5.74, 6) is 0.955. The topological polar surface area (TPSA) is 116 Å². The molecule has 2 heterocycles. The molecule has 0 bridgehead atoms. The van der Waals surface area contributed by atoms with E-state index in [0.717, 1.165) is 27.1 Å². The van der Waals surface area contributed by atoms with E-state index in [1.165, 1.54) is 12.3 Å². The Morgan fingerprint density at radius 1 is 0.619 bits per heavy atom. The number of azo groups is 2. The molecule has 0 amide bonds. The minimum absolute atomic E-state index is 0. The zero-order valence-electron chi connectivity index (χ0n) is 22.4. The second-order valence-corrected chi connectivity index (χ2v) is 9.66. The molecular formula is C31H22Cl2N6O2Zn. The van der Waals surface area contributed by atoms with Gasteiger partial charge in [-0.15, -0.1) is 20.5 Å². The van der Waals surface area contributed by atoms with Crippen LogP contribution >= 0.6 is 23.2 Å². The van der Waals surface area contributed by atoms with Gasteiger partial charge in [0.15, 0.2) is 11.6 Å². The molecule has 6 rings (SSSR count). The summed E-state index contributed by atoms with van der Waals surface area (Å²) >= 11 is 11.8. The fourth-order valence-electron chi connectivity index (χ4n) is 3.96. The van der Waals surface area contributed by atoms with Gasteiger partial charge in [-0.25, -0.2) is 9.97 Å². The monoisotopic (exact) mass is 644 g/mol. The van der Waals surface area contributed by atoms with Crippen LogP contribution in [0.15, 0.2) is 124 Å². The standard InChI is InChI=1S/C16H13N3O.C15H9Cl2N3O.Zn/c1-11-5-4-10-17-16(11)19-18-15-13-7-3-2-6-12(13)8-9-14(15)20;16-10-7-12(17)15(18-8-10)20-19-14-11-4-2-1-3-9(11)5-6-13(14)21;/h2-10,20H,1H3;1-8,21H;. The SMILES string of the molecule is Cc1cccnc1N=Nc1c(O)ccc2ccccc12.Oc1ccc2ccccc2c1N=Nc1ncc(Cl)cc1Cl.[Zn]. The van der Waals surface area contributed by atoms with Gasteiger partial charge in [0, 0.05) is 42.6 Å². The van der Waals surface area contributed by atoms with Gasteiger partial charge < -0.3 is 10.2 Å². The summed E-state index contributed by atoms with van der Waals surface area (Å²) in [7, 11) is 0. The molecule has 42 heavy (non-hydrogen) atoms. The van der Waals surface area contributed by atoms with Crippen molar-refractivity contribution in [2.24, 2.45) is 20.5 Å². The van der Waals surface area contributed by atoms with Crippen molar-refractivity contribution in [2.75, 3.05) is 0 Å². The first kappa shape index (κ1) is 30.7. The molecule has 2 aromatic heterocycles.